The van der Waals surface area contributed by atoms with Gasteiger partial charge in [-0.25, -0.2) is 0 Å². The van der Waals surface area contributed by atoms with Crippen molar-refractivity contribution in [1.29, 1.82) is 0 Å². The van der Waals surface area contributed by atoms with E-state index in [1.165, 1.54) is 0 Å². The fourth-order valence-electron chi connectivity index (χ4n) is 2.42. The highest BCUT2D eigenvalue weighted by molar-refractivity contribution is 5.44. The topological polar surface area (TPSA) is 50.7 Å². The van der Waals surface area contributed by atoms with Crippen molar-refractivity contribution in [2.24, 2.45) is 0 Å². The first-order valence-electron chi connectivity index (χ1n) is 7.20. The Morgan fingerprint density at radius 1 is 1.19 bits per heavy atom. The summed E-state index contributed by atoms with van der Waals surface area (Å²) in [6, 6.07) is 15.3. The molecule has 0 saturated carbocycles. The molecule has 110 valence electrons. The van der Waals surface area contributed by atoms with Gasteiger partial charge in [0, 0.05) is 11.6 Å². The minimum atomic E-state index is 0.192. The second kappa shape index (κ2) is 6.50. The molecule has 0 radical (unpaired) electrons. The van der Waals surface area contributed by atoms with Gasteiger partial charge in [0.05, 0.1) is 12.6 Å². The average molecular weight is 285 g/mol. The SMILES string of the molecule is Oc1ccc2c(c1)OCC2NCCCOc1ccccc1. The van der Waals surface area contributed by atoms with Gasteiger partial charge in [-0.1, -0.05) is 18.2 Å². The molecule has 1 unspecified atom stereocenters. The highest BCUT2D eigenvalue weighted by atomic mass is 16.5. The van der Waals surface area contributed by atoms with Crippen LogP contribution in [0.3, 0.4) is 0 Å². The quantitative estimate of drug-likeness (QED) is 0.801. The fourth-order valence-corrected chi connectivity index (χ4v) is 2.42. The van der Waals surface area contributed by atoms with Crippen LogP contribution in [0.1, 0.15) is 18.0 Å². The molecule has 2 aromatic carbocycles. The van der Waals surface area contributed by atoms with Crippen LogP contribution in [0.2, 0.25) is 0 Å². The van der Waals surface area contributed by atoms with Gasteiger partial charge in [-0.15, -0.1) is 0 Å². The Morgan fingerprint density at radius 2 is 2.05 bits per heavy atom. The van der Waals surface area contributed by atoms with Gasteiger partial charge in [-0.05, 0) is 37.2 Å². The Bertz CT molecular complexity index is 586. The highest BCUT2D eigenvalue weighted by Crippen LogP contribution is 2.34. The lowest BCUT2D eigenvalue weighted by molar-refractivity contribution is 0.288. The van der Waals surface area contributed by atoms with Gasteiger partial charge in [0.2, 0.25) is 0 Å². The van der Waals surface area contributed by atoms with Crippen molar-refractivity contribution in [2.75, 3.05) is 19.8 Å². The summed E-state index contributed by atoms with van der Waals surface area (Å²) < 4.78 is 11.2. The second-order valence-corrected chi connectivity index (χ2v) is 5.05. The predicted molar refractivity (Wildman–Crippen MR) is 80.9 cm³/mol. The van der Waals surface area contributed by atoms with Crippen LogP contribution in [-0.4, -0.2) is 24.9 Å². The number of ether oxygens (including phenoxy) is 2. The van der Waals surface area contributed by atoms with Crippen molar-refractivity contribution in [3.8, 4) is 17.2 Å². The minimum absolute atomic E-state index is 0.192. The molecule has 1 atom stereocenters. The first kappa shape index (κ1) is 13.8. The monoisotopic (exact) mass is 285 g/mol. The molecule has 0 aliphatic carbocycles. The van der Waals surface area contributed by atoms with E-state index in [0.29, 0.717) is 13.2 Å². The van der Waals surface area contributed by atoms with Crippen molar-refractivity contribution < 1.29 is 14.6 Å². The van der Waals surface area contributed by atoms with Crippen LogP contribution in [0.15, 0.2) is 48.5 Å². The molecule has 0 fully saturated rings. The van der Waals surface area contributed by atoms with Gasteiger partial charge in [0.25, 0.3) is 0 Å². The number of benzene rings is 2. The van der Waals surface area contributed by atoms with Gasteiger partial charge >= 0.3 is 0 Å². The van der Waals surface area contributed by atoms with Crippen LogP contribution >= 0.6 is 0 Å². The maximum atomic E-state index is 9.42. The summed E-state index contributed by atoms with van der Waals surface area (Å²) in [6.45, 7) is 2.16. The lowest BCUT2D eigenvalue weighted by Crippen LogP contribution is -2.24. The number of hydrogen-bond donors (Lipinski definition) is 2. The molecule has 0 aromatic heterocycles. The number of rotatable bonds is 6. The van der Waals surface area contributed by atoms with E-state index >= 15 is 0 Å². The van der Waals surface area contributed by atoms with Crippen LogP contribution in [0, 0.1) is 0 Å². The number of hydrogen-bond acceptors (Lipinski definition) is 4. The van der Waals surface area contributed by atoms with E-state index in [2.05, 4.69) is 5.32 Å². The van der Waals surface area contributed by atoms with Crippen molar-refractivity contribution in [1.82, 2.24) is 5.32 Å². The third kappa shape index (κ3) is 3.47. The van der Waals surface area contributed by atoms with Gasteiger partial charge < -0.3 is 19.9 Å². The molecule has 3 rings (SSSR count). The summed E-state index contributed by atoms with van der Waals surface area (Å²) in [5.41, 5.74) is 1.11. The van der Waals surface area contributed by atoms with Crippen LogP contribution in [0.25, 0.3) is 0 Å². The number of phenols is 1. The lowest BCUT2D eigenvalue weighted by Gasteiger charge is -2.12. The van der Waals surface area contributed by atoms with E-state index in [4.69, 9.17) is 9.47 Å². The first-order valence-corrected chi connectivity index (χ1v) is 7.20. The molecule has 2 N–H and O–H groups in total. The molecule has 4 heteroatoms. The number of aromatic hydroxyl groups is 1. The molecule has 0 amide bonds. The summed E-state index contributed by atoms with van der Waals surface area (Å²) in [7, 11) is 0. The molecule has 1 aliphatic heterocycles. The Balaban J connectivity index is 1.41. The van der Waals surface area contributed by atoms with Crippen molar-refractivity contribution in [2.45, 2.75) is 12.5 Å². The predicted octanol–water partition coefficient (Wildman–Crippen LogP) is 2.88. The van der Waals surface area contributed by atoms with Gasteiger partial charge in [-0.3, -0.25) is 0 Å². The number of fused-ring (bicyclic) bond motifs is 1. The van der Waals surface area contributed by atoms with Crippen molar-refractivity contribution >= 4 is 0 Å². The second-order valence-electron chi connectivity index (χ2n) is 5.05. The standard InChI is InChI=1S/C17H19NO3/c19-13-7-8-15-16(12-21-17(15)11-13)18-9-4-10-20-14-5-2-1-3-6-14/h1-3,5-8,11,16,18-19H,4,9-10,12H2. The van der Waals surface area contributed by atoms with E-state index in [9.17, 15) is 5.11 Å². The molecule has 1 aliphatic rings. The Morgan fingerprint density at radius 3 is 2.90 bits per heavy atom. The van der Waals surface area contributed by atoms with E-state index in [1.54, 1.807) is 12.1 Å². The Labute approximate surface area is 124 Å². The Hall–Kier alpha value is -2.20. The van der Waals surface area contributed by atoms with Gasteiger partial charge in [0.1, 0.15) is 23.9 Å². The van der Waals surface area contributed by atoms with Gasteiger partial charge in [-0.2, -0.15) is 0 Å². The van der Waals surface area contributed by atoms with Crippen molar-refractivity contribution in [3.63, 3.8) is 0 Å². The third-order valence-electron chi connectivity index (χ3n) is 3.50. The summed E-state index contributed by atoms with van der Waals surface area (Å²) >= 11 is 0. The first-order chi connectivity index (χ1) is 10.3. The molecule has 0 bridgehead atoms. The van der Waals surface area contributed by atoms with Crippen LogP contribution < -0.4 is 14.8 Å². The maximum Gasteiger partial charge on any atom is 0.127 e. The fraction of sp³-hybridized carbons (Fsp3) is 0.294. The molecule has 1 heterocycles. The third-order valence-corrected chi connectivity index (χ3v) is 3.50. The molecule has 21 heavy (non-hydrogen) atoms. The summed E-state index contributed by atoms with van der Waals surface area (Å²) in [6.07, 6.45) is 0.929. The van der Waals surface area contributed by atoms with Crippen LogP contribution in [0.4, 0.5) is 0 Å². The maximum absolute atomic E-state index is 9.42. The number of phenolic OH excluding ortho intramolecular Hbond substituents is 1. The Kier molecular flexibility index (Phi) is 4.26. The zero-order chi connectivity index (χ0) is 14.5. The van der Waals surface area contributed by atoms with Crippen LogP contribution in [-0.2, 0) is 0 Å². The summed E-state index contributed by atoms with van der Waals surface area (Å²) in [5, 5.41) is 12.9. The smallest absolute Gasteiger partial charge is 0.127 e. The number of nitrogens with one attached hydrogen (secondary N) is 1. The molecular formula is C17H19NO3. The summed E-state index contributed by atoms with van der Waals surface area (Å²) in [4.78, 5) is 0. The van der Waals surface area contributed by atoms with E-state index < -0.39 is 0 Å². The zero-order valence-electron chi connectivity index (χ0n) is 11.8. The largest absolute Gasteiger partial charge is 0.508 e. The molecule has 0 spiro atoms. The average Bonchev–Trinajstić information content (AvgIpc) is 2.90. The zero-order valence-corrected chi connectivity index (χ0v) is 11.8. The molecule has 4 nitrogen and oxygen atoms in total. The summed E-state index contributed by atoms with van der Waals surface area (Å²) in [5.74, 6) is 1.92. The van der Waals surface area contributed by atoms with Crippen molar-refractivity contribution in [3.05, 3.63) is 54.1 Å². The lowest BCUT2D eigenvalue weighted by atomic mass is 10.1. The normalized spacial score (nSPS) is 16.3. The molecule has 2 aromatic rings. The van der Waals surface area contributed by atoms with Gasteiger partial charge in [0.15, 0.2) is 0 Å². The van der Waals surface area contributed by atoms with E-state index in [-0.39, 0.29) is 11.8 Å². The minimum Gasteiger partial charge on any atom is -0.508 e. The number of para-hydroxylation sites is 1. The highest BCUT2D eigenvalue weighted by Gasteiger charge is 2.23. The molecule has 0 saturated heterocycles. The molecular weight excluding hydrogens is 266 g/mol. The van der Waals surface area contributed by atoms with E-state index in [0.717, 1.165) is 30.0 Å². The van der Waals surface area contributed by atoms with Crippen LogP contribution in [0.5, 0.6) is 17.2 Å². The van der Waals surface area contributed by atoms with E-state index in [1.807, 2.05) is 36.4 Å².